The summed E-state index contributed by atoms with van der Waals surface area (Å²) in [7, 11) is -3.47. The van der Waals surface area contributed by atoms with E-state index in [9.17, 15) is 8.42 Å². The zero-order valence-electron chi connectivity index (χ0n) is 13.9. The Labute approximate surface area is 143 Å². The first-order chi connectivity index (χ1) is 11.6. The fourth-order valence-corrected chi connectivity index (χ4v) is 4.68. The second-order valence-electron chi connectivity index (χ2n) is 6.17. The van der Waals surface area contributed by atoms with E-state index in [2.05, 4.69) is 9.97 Å². The van der Waals surface area contributed by atoms with Crippen LogP contribution in [0, 0.1) is 12.8 Å². The first kappa shape index (κ1) is 17.7. The molecule has 2 aliphatic heterocycles. The van der Waals surface area contributed by atoms with Gasteiger partial charge in [0.05, 0.1) is 26.4 Å². The predicted molar refractivity (Wildman–Crippen MR) is 87.7 cm³/mol. The molecule has 2 fully saturated rings. The third-order valence-electron chi connectivity index (χ3n) is 4.28. The van der Waals surface area contributed by atoms with Crippen LogP contribution in [-0.4, -0.2) is 79.6 Å². The van der Waals surface area contributed by atoms with E-state index in [-0.39, 0.29) is 5.92 Å². The van der Waals surface area contributed by atoms with E-state index in [0.29, 0.717) is 59.0 Å². The summed E-state index contributed by atoms with van der Waals surface area (Å²) in [6, 6.07) is 1.94. The fraction of sp³-hybridized carbons (Fsp3) is 0.733. The highest BCUT2D eigenvalue weighted by atomic mass is 32.2. The van der Waals surface area contributed by atoms with Crippen LogP contribution in [0.25, 0.3) is 0 Å². The molecule has 0 bridgehead atoms. The van der Waals surface area contributed by atoms with Crippen molar-refractivity contribution in [3.8, 4) is 0 Å². The van der Waals surface area contributed by atoms with Gasteiger partial charge in [-0.25, -0.2) is 9.97 Å². The van der Waals surface area contributed by atoms with Gasteiger partial charge in [-0.15, -0.1) is 0 Å². The van der Waals surface area contributed by atoms with E-state index in [0.717, 1.165) is 11.4 Å². The lowest BCUT2D eigenvalue weighted by atomic mass is 10.0. The Morgan fingerprint density at radius 1 is 1.12 bits per heavy atom. The number of nitrogens with zero attached hydrogens (tertiary/aromatic N) is 4. The van der Waals surface area contributed by atoms with Crippen molar-refractivity contribution in [2.45, 2.75) is 13.3 Å². The van der Waals surface area contributed by atoms with Crippen LogP contribution in [0.1, 0.15) is 11.4 Å². The number of morpholine rings is 1. The second kappa shape index (κ2) is 7.83. The average molecular weight is 356 g/mol. The van der Waals surface area contributed by atoms with E-state index in [1.807, 2.05) is 13.0 Å². The third kappa shape index (κ3) is 4.28. The zero-order valence-corrected chi connectivity index (χ0v) is 14.7. The molecule has 24 heavy (non-hydrogen) atoms. The van der Waals surface area contributed by atoms with Gasteiger partial charge in [0.15, 0.2) is 0 Å². The van der Waals surface area contributed by atoms with Gasteiger partial charge in [-0.3, -0.25) is 0 Å². The molecule has 1 aromatic rings. The smallest absolute Gasteiger partial charge is 0.282 e. The fourth-order valence-electron chi connectivity index (χ4n) is 3.04. The molecular weight excluding hydrogens is 332 g/mol. The van der Waals surface area contributed by atoms with Crippen molar-refractivity contribution in [3.05, 3.63) is 23.8 Å². The standard InChI is InChI=1S/C15H24N4O4S/c1-13-8-15(17-12-16-13)9-14-10-19(4-7-23-11-14)24(20,21)18-2-5-22-6-3-18/h8,12,14H,2-7,9-11H2,1H3/t14-/m1/s1. The monoisotopic (exact) mass is 356 g/mol. The van der Waals surface area contributed by atoms with Crippen LogP contribution in [0.4, 0.5) is 0 Å². The normalized spacial score (nSPS) is 24.6. The van der Waals surface area contributed by atoms with E-state index in [1.165, 1.54) is 4.31 Å². The molecule has 0 saturated carbocycles. The number of hydrogen-bond acceptors (Lipinski definition) is 6. The molecule has 1 atom stereocenters. The summed E-state index contributed by atoms with van der Waals surface area (Å²) >= 11 is 0. The second-order valence-corrected chi connectivity index (χ2v) is 8.10. The summed E-state index contributed by atoms with van der Waals surface area (Å²) in [5.74, 6) is 0.0811. The lowest BCUT2D eigenvalue weighted by Crippen LogP contribution is -2.50. The number of rotatable bonds is 4. The van der Waals surface area contributed by atoms with Gasteiger partial charge in [-0.05, 0) is 19.4 Å². The molecule has 0 N–H and O–H groups in total. The Kier molecular flexibility index (Phi) is 5.77. The van der Waals surface area contributed by atoms with Crippen molar-refractivity contribution in [1.82, 2.24) is 18.6 Å². The van der Waals surface area contributed by atoms with Crippen molar-refractivity contribution >= 4 is 10.2 Å². The quantitative estimate of drug-likeness (QED) is 0.746. The lowest BCUT2D eigenvalue weighted by molar-refractivity contribution is 0.0699. The van der Waals surface area contributed by atoms with Crippen LogP contribution in [0.2, 0.25) is 0 Å². The van der Waals surface area contributed by atoms with Gasteiger partial charge >= 0.3 is 0 Å². The molecule has 0 unspecified atom stereocenters. The molecule has 3 rings (SSSR count). The van der Waals surface area contributed by atoms with Crippen LogP contribution in [0.3, 0.4) is 0 Å². The molecule has 2 saturated heterocycles. The molecule has 8 nitrogen and oxygen atoms in total. The van der Waals surface area contributed by atoms with Gasteiger partial charge in [0.25, 0.3) is 10.2 Å². The molecule has 0 aliphatic carbocycles. The van der Waals surface area contributed by atoms with Crippen molar-refractivity contribution in [1.29, 1.82) is 0 Å². The Morgan fingerprint density at radius 3 is 2.58 bits per heavy atom. The number of aryl methyl sites for hydroxylation is 1. The molecule has 0 aromatic carbocycles. The molecule has 9 heteroatoms. The highest BCUT2D eigenvalue weighted by Gasteiger charge is 2.33. The third-order valence-corrected chi connectivity index (χ3v) is 6.28. The van der Waals surface area contributed by atoms with Crippen LogP contribution >= 0.6 is 0 Å². The molecule has 0 amide bonds. The highest BCUT2D eigenvalue weighted by Crippen LogP contribution is 2.18. The van der Waals surface area contributed by atoms with Gasteiger partial charge in [-0.2, -0.15) is 17.0 Å². The summed E-state index contributed by atoms with van der Waals surface area (Å²) in [4.78, 5) is 8.38. The van der Waals surface area contributed by atoms with E-state index in [1.54, 1.807) is 10.6 Å². The summed E-state index contributed by atoms with van der Waals surface area (Å²) in [6.45, 7) is 5.44. The molecule has 134 valence electrons. The van der Waals surface area contributed by atoms with Crippen molar-refractivity contribution in [2.75, 3.05) is 52.6 Å². The van der Waals surface area contributed by atoms with Crippen LogP contribution < -0.4 is 0 Å². The first-order valence-corrected chi connectivity index (χ1v) is 9.63. The van der Waals surface area contributed by atoms with Crippen LogP contribution in [0.5, 0.6) is 0 Å². The number of hydrogen-bond donors (Lipinski definition) is 0. The van der Waals surface area contributed by atoms with Gasteiger partial charge in [0, 0.05) is 43.5 Å². The maximum absolute atomic E-state index is 12.9. The van der Waals surface area contributed by atoms with Gasteiger partial charge in [0.2, 0.25) is 0 Å². The Hall–Kier alpha value is -1.13. The van der Waals surface area contributed by atoms with Gasteiger partial charge < -0.3 is 9.47 Å². The number of ether oxygens (including phenoxy) is 2. The van der Waals surface area contributed by atoms with E-state index < -0.39 is 10.2 Å². The summed E-state index contributed by atoms with van der Waals surface area (Å²) in [6.07, 6.45) is 2.23. The van der Waals surface area contributed by atoms with E-state index >= 15 is 0 Å². The molecule has 0 radical (unpaired) electrons. The zero-order chi connectivity index (χ0) is 17.0. The van der Waals surface area contributed by atoms with Crippen LogP contribution in [-0.2, 0) is 26.1 Å². The minimum absolute atomic E-state index is 0.0811. The largest absolute Gasteiger partial charge is 0.380 e. The average Bonchev–Trinajstić information content (AvgIpc) is 2.82. The topological polar surface area (TPSA) is 84.9 Å². The van der Waals surface area contributed by atoms with E-state index in [4.69, 9.17) is 9.47 Å². The molecule has 3 heterocycles. The minimum atomic E-state index is -3.47. The molecular formula is C15H24N4O4S. The first-order valence-electron chi connectivity index (χ1n) is 8.24. The minimum Gasteiger partial charge on any atom is -0.380 e. The Balaban J connectivity index is 1.70. The van der Waals surface area contributed by atoms with Crippen molar-refractivity contribution in [2.24, 2.45) is 5.92 Å². The highest BCUT2D eigenvalue weighted by molar-refractivity contribution is 7.86. The van der Waals surface area contributed by atoms with Crippen molar-refractivity contribution < 1.29 is 17.9 Å². The summed E-state index contributed by atoms with van der Waals surface area (Å²) in [5.41, 5.74) is 1.83. The summed E-state index contributed by atoms with van der Waals surface area (Å²) in [5, 5.41) is 0. The molecule has 1 aromatic heterocycles. The predicted octanol–water partition coefficient (Wildman–Crippen LogP) is -0.147. The number of aromatic nitrogens is 2. The lowest BCUT2D eigenvalue weighted by Gasteiger charge is -2.32. The van der Waals surface area contributed by atoms with Crippen LogP contribution in [0.15, 0.2) is 12.4 Å². The van der Waals surface area contributed by atoms with Gasteiger partial charge in [0.1, 0.15) is 6.33 Å². The van der Waals surface area contributed by atoms with Crippen molar-refractivity contribution in [3.63, 3.8) is 0 Å². The maximum Gasteiger partial charge on any atom is 0.282 e. The molecule has 0 spiro atoms. The maximum atomic E-state index is 12.9. The van der Waals surface area contributed by atoms with Gasteiger partial charge in [-0.1, -0.05) is 0 Å². The SMILES string of the molecule is Cc1cc(C[C@H]2COCCN(S(=O)(=O)N3CCOCC3)C2)ncn1. The Bertz CT molecular complexity index is 649. The molecule has 2 aliphatic rings. The summed E-state index contributed by atoms with van der Waals surface area (Å²) < 4.78 is 39.7. The Morgan fingerprint density at radius 2 is 1.83 bits per heavy atom.